The van der Waals surface area contributed by atoms with Gasteiger partial charge in [-0.25, -0.2) is 0 Å². The van der Waals surface area contributed by atoms with Gasteiger partial charge in [-0.1, -0.05) is 32.9 Å². The van der Waals surface area contributed by atoms with Crippen LogP contribution in [0.5, 0.6) is 5.75 Å². The van der Waals surface area contributed by atoms with Crippen molar-refractivity contribution in [2.45, 2.75) is 77.2 Å². The number of hydrogen-bond donors (Lipinski definition) is 0. The van der Waals surface area contributed by atoms with E-state index < -0.39 is 29.1 Å². The third-order valence-electron chi connectivity index (χ3n) is 10.5. The van der Waals surface area contributed by atoms with E-state index in [-0.39, 0.29) is 35.5 Å². The molecule has 0 amide bonds. The summed E-state index contributed by atoms with van der Waals surface area (Å²) < 4.78 is 94.9. The minimum absolute atomic E-state index is 0.0802. The molecule has 0 aromatic heterocycles. The van der Waals surface area contributed by atoms with Crippen LogP contribution in [0.15, 0.2) is 42.5 Å². The van der Waals surface area contributed by atoms with Crippen molar-refractivity contribution >= 4 is 0 Å². The number of ether oxygens (including phenoxy) is 2. The molecule has 3 aliphatic rings. The maximum absolute atomic E-state index is 13.7. The molecule has 0 unspecified atom stereocenters. The molecule has 6 atom stereocenters. The maximum atomic E-state index is 13.7. The van der Waals surface area contributed by atoms with E-state index in [2.05, 4.69) is 27.7 Å². The normalized spacial score (nSPS) is 33.5. The summed E-state index contributed by atoms with van der Waals surface area (Å²) in [7, 11) is 1.61. The van der Waals surface area contributed by atoms with E-state index in [1.165, 1.54) is 0 Å². The molecular formula is C31H38F6NO2+. The van der Waals surface area contributed by atoms with Gasteiger partial charge in [0.15, 0.2) is 0 Å². The van der Waals surface area contributed by atoms with Crippen LogP contribution in [-0.4, -0.2) is 35.8 Å². The van der Waals surface area contributed by atoms with Crippen molar-refractivity contribution in [1.29, 1.82) is 0 Å². The van der Waals surface area contributed by atoms with Crippen LogP contribution in [0.1, 0.15) is 62.8 Å². The highest BCUT2D eigenvalue weighted by molar-refractivity contribution is 5.34. The molecule has 2 heterocycles. The minimum atomic E-state index is -4.87. The van der Waals surface area contributed by atoms with Gasteiger partial charge in [-0.05, 0) is 61.6 Å². The molecule has 2 saturated heterocycles. The van der Waals surface area contributed by atoms with E-state index in [1.807, 2.05) is 24.3 Å². The van der Waals surface area contributed by atoms with Gasteiger partial charge in [0.2, 0.25) is 0 Å². The Bertz CT molecular complexity index is 1210. The Morgan fingerprint density at radius 1 is 0.925 bits per heavy atom. The SMILES string of the molecule is COc1ccc(CO[C@]2(C(C)C)C[N@+]3(Cc4cc(C(F)(F)F)cc(C(F)(F)F)c4)C[C@@H](C)[C@@H]4CC[C@H]2[C@@]43C)cc1. The lowest BCUT2D eigenvalue weighted by molar-refractivity contribution is -0.968. The van der Waals surface area contributed by atoms with Gasteiger partial charge in [-0.15, -0.1) is 0 Å². The number of quaternary nitrogens is 1. The largest absolute Gasteiger partial charge is 0.497 e. The van der Waals surface area contributed by atoms with Gasteiger partial charge in [-0.2, -0.15) is 26.3 Å². The lowest BCUT2D eigenvalue weighted by Crippen LogP contribution is -2.57. The predicted octanol–water partition coefficient (Wildman–Crippen LogP) is 8.11. The number of alkyl halides is 6. The Kier molecular flexibility index (Phi) is 7.05. The van der Waals surface area contributed by atoms with Crippen LogP contribution in [0.4, 0.5) is 26.3 Å². The summed E-state index contributed by atoms with van der Waals surface area (Å²) in [6.45, 7) is 10.4. The molecule has 1 saturated carbocycles. The molecule has 0 spiro atoms. The zero-order chi connectivity index (χ0) is 29.3. The molecule has 0 radical (unpaired) electrons. The van der Waals surface area contributed by atoms with E-state index in [0.717, 1.165) is 36.3 Å². The summed E-state index contributed by atoms with van der Waals surface area (Å²) >= 11 is 0. The van der Waals surface area contributed by atoms with Crippen LogP contribution in [0, 0.1) is 23.7 Å². The molecule has 5 rings (SSSR count). The zero-order valence-corrected chi connectivity index (χ0v) is 23.6. The highest BCUT2D eigenvalue weighted by Crippen LogP contribution is 2.67. The molecular weight excluding hydrogens is 532 g/mol. The Balaban J connectivity index is 1.56. The van der Waals surface area contributed by atoms with Crippen molar-refractivity contribution in [1.82, 2.24) is 0 Å². The van der Waals surface area contributed by atoms with E-state index in [1.54, 1.807) is 7.11 Å². The number of nitrogens with zero attached hydrogens (tertiary/aromatic N) is 1. The van der Waals surface area contributed by atoms with Crippen LogP contribution in [0.25, 0.3) is 0 Å². The van der Waals surface area contributed by atoms with Crippen molar-refractivity contribution < 1.29 is 40.3 Å². The van der Waals surface area contributed by atoms with E-state index in [9.17, 15) is 26.3 Å². The quantitative estimate of drug-likeness (QED) is 0.247. The van der Waals surface area contributed by atoms with Crippen LogP contribution < -0.4 is 4.74 Å². The molecule has 3 nitrogen and oxygen atoms in total. The van der Waals surface area contributed by atoms with Crippen LogP contribution in [0.2, 0.25) is 0 Å². The summed E-state index contributed by atoms with van der Waals surface area (Å²) in [5, 5.41) is 0. The molecule has 0 N–H and O–H groups in total. The van der Waals surface area contributed by atoms with E-state index >= 15 is 0 Å². The number of rotatable bonds is 7. The molecule has 2 aromatic rings. The van der Waals surface area contributed by atoms with Crippen LogP contribution in [-0.2, 0) is 30.2 Å². The lowest BCUT2D eigenvalue weighted by Gasteiger charge is -2.44. The van der Waals surface area contributed by atoms with Crippen molar-refractivity contribution in [2.75, 3.05) is 20.2 Å². The Morgan fingerprint density at radius 2 is 1.52 bits per heavy atom. The first kappa shape index (κ1) is 29.2. The van der Waals surface area contributed by atoms with Gasteiger partial charge in [0.05, 0.1) is 31.4 Å². The summed E-state index contributed by atoms with van der Waals surface area (Å²) in [5.74, 6) is 1.63. The van der Waals surface area contributed by atoms with Crippen LogP contribution in [0.3, 0.4) is 0 Å². The molecule has 9 heteroatoms. The van der Waals surface area contributed by atoms with Crippen molar-refractivity contribution in [3.63, 3.8) is 0 Å². The highest BCUT2D eigenvalue weighted by atomic mass is 19.4. The number of benzene rings is 2. The van der Waals surface area contributed by atoms with Crippen molar-refractivity contribution in [3.8, 4) is 5.75 Å². The van der Waals surface area contributed by atoms with E-state index in [0.29, 0.717) is 36.0 Å². The highest BCUT2D eigenvalue weighted by Gasteiger charge is 2.78. The summed E-state index contributed by atoms with van der Waals surface area (Å²) in [6.07, 6.45) is -7.82. The van der Waals surface area contributed by atoms with Crippen molar-refractivity contribution in [2.24, 2.45) is 23.7 Å². The molecule has 220 valence electrons. The average Bonchev–Trinajstić information content (AvgIpc) is 3.41. The average molecular weight is 571 g/mol. The first-order valence-electron chi connectivity index (χ1n) is 14.0. The van der Waals surface area contributed by atoms with E-state index in [4.69, 9.17) is 9.47 Å². The molecule has 2 aromatic carbocycles. The van der Waals surface area contributed by atoms with Gasteiger partial charge in [0, 0.05) is 23.3 Å². The van der Waals surface area contributed by atoms with Crippen molar-refractivity contribution in [3.05, 3.63) is 64.7 Å². The Hall–Kier alpha value is -2.26. The molecule has 0 bridgehead atoms. The number of halogens is 6. The third kappa shape index (κ3) is 4.52. The van der Waals surface area contributed by atoms with Gasteiger partial charge < -0.3 is 14.0 Å². The Labute approximate surface area is 232 Å². The smallest absolute Gasteiger partial charge is 0.416 e. The second-order valence-corrected chi connectivity index (χ2v) is 12.7. The van der Waals surface area contributed by atoms with Crippen LogP contribution >= 0.6 is 0 Å². The number of hydrogen-bond acceptors (Lipinski definition) is 2. The topological polar surface area (TPSA) is 18.5 Å². The monoisotopic (exact) mass is 570 g/mol. The summed E-state index contributed by atoms with van der Waals surface area (Å²) in [4.78, 5) is 0. The fraction of sp³-hybridized carbons (Fsp3) is 0.613. The molecule has 3 fully saturated rings. The Morgan fingerprint density at radius 3 is 2.05 bits per heavy atom. The predicted molar refractivity (Wildman–Crippen MR) is 139 cm³/mol. The fourth-order valence-corrected chi connectivity index (χ4v) is 8.75. The summed E-state index contributed by atoms with van der Waals surface area (Å²) in [5.41, 5.74) is -2.30. The molecule has 40 heavy (non-hydrogen) atoms. The van der Waals surface area contributed by atoms with Gasteiger partial charge in [-0.3, -0.25) is 0 Å². The maximum Gasteiger partial charge on any atom is 0.416 e. The van der Waals surface area contributed by atoms with Gasteiger partial charge >= 0.3 is 12.4 Å². The second-order valence-electron chi connectivity index (χ2n) is 12.7. The summed E-state index contributed by atoms with van der Waals surface area (Å²) in [6, 6.07) is 9.72. The first-order chi connectivity index (χ1) is 18.6. The minimum Gasteiger partial charge on any atom is -0.497 e. The lowest BCUT2D eigenvalue weighted by atomic mass is 9.72. The molecule has 2 aliphatic heterocycles. The third-order valence-corrected chi connectivity index (χ3v) is 10.5. The zero-order valence-electron chi connectivity index (χ0n) is 23.6. The van der Waals surface area contributed by atoms with Gasteiger partial charge in [0.25, 0.3) is 0 Å². The molecule has 1 aliphatic carbocycles. The number of methoxy groups -OCH3 is 1. The standard InChI is InChI=1S/C31H38F6NO2/c1-19(2)29(40-17-21-6-8-25(39-5)9-7-21)18-38(15-20(3)26-10-11-27(29)28(26,38)4)16-22-12-23(30(32,33)34)14-24(13-22)31(35,36)37/h6-9,12-14,19-20,26-27H,10-11,15-18H2,1-5H3/q+1/t20-,26+,27+,28-,29+,38-/m1/s1. The second kappa shape index (κ2) is 9.65. The first-order valence-corrected chi connectivity index (χ1v) is 14.0. The van der Waals surface area contributed by atoms with Gasteiger partial charge in [0.1, 0.15) is 30.0 Å². The fourth-order valence-electron chi connectivity index (χ4n) is 8.75.